The number of ether oxygens (including phenoxy) is 2. The second kappa shape index (κ2) is 67.8. The highest BCUT2D eigenvalue weighted by atomic mass is 16.6. The van der Waals surface area contributed by atoms with Gasteiger partial charge in [-0.3, -0.25) is 9.59 Å². The molecule has 0 bridgehead atoms. The maximum absolute atomic E-state index is 12.4. The Morgan fingerprint density at radius 1 is 0.295 bits per heavy atom. The van der Waals surface area contributed by atoms with Gasteiger partial charge in [-0.25, -0.2) is 0 Å². The summed E-state index contributed by atoms with van der Waals surface area (Å²) < 4.78 is 10.8. The van der Waals surface area contributed by atoms with Gasteiger partial charge in [-0.15, -0.1) is 0 Å². The van der Waals surface area contributed by atoms with Crippen molar-refractivity contribution in [3.63, 3.8) is 0 Å². The van der Waals surface area contributed by atoms with E-state index in [0.29, 0.717) is 12.8 Å². The van der Waals surface area contributed by atoms with Crippen LogP contribution in [0.3, 0.4) is 0 Å². The van der Waals surface area contributed by atoms with E-state index < -0.39 is 6.10 Å². The van der Waals surface area contributed by atoms with Crippen molar-refractivity contribution in [3.05, 3.63) is 109 Å². The van der Waals surface area contributed by atoms with E-state index in [4.69, 9.17) is 9.47 Å². The molecule has 0 aliphatic heterocycles. The van der Waals surface area contributed by atoms with E-state index in [0.717, 1.165) is 96.3 Å². The number of hydrogen-bond donors (Lipinski definition) is 1. The van der Waals surface area contributed by atoms with E-state index in [1.165, 1.54) is 199 Å². The van der Waals surface area contributed by atoms with Gasteiger partial charge in [0.1, 0.15) is 6.61 Å². The molecule has 0 heterocycles. The Balaban J connectivity index is 3.44. The summed E-state index contributed by atoms with van der Waals surface area (Å²) in [4.78, 5) is 24.6. The Kier molecular flexibility index (Phi) is 64.8. The Bertz CT molecular complexity index is 1510. The molecule has 78 heavy (non-hydrogen) atoms. The molecule has 5 nitrogen and oxygen atoms in total. The van der Waals surface area contributed by atoms with Crippen molar-refractivity contribution in [1.29, 1.82) is 0 Å². The Labute approximate surface area is 484 Å². The van der Waals surface area contributed by atoms with Crippen molar-refractivity contribution in [3.8, 4) is 0 Å². The Hall–Kier alpha value is -3.44. The Morgan fingerprint density at radius 2 is 0.513 bits per heavy atom. The standard InChI is InChI=1S/C73H126O5/c1-3-5-7-9-11-13-15-17-19-21-23-25-27-29-31-33-34-35-36-37-38-40-41-43-45-47-49-51-53-55-57-59-61-63-65-67-72(75)77-70-71(69-74)78-73(76)68-66-64-62-60-58-56-54-52-50-48-46-44-42-39-32-30-28-26-24-22-20-18-16-14-12-10-8-6-4-2/h5-8,11-14,17-20,23-26,30,32,71,74H,3-4,9-10,15-16,21-22,27-29,31,33-70H2,1-2H3/b7-5-,8-6-,13-11-,14-12-,19-17-,20-18-,25-23-,26-24-,32-30-. The highest BCUT2D eigenvalue weighted by molar-refractivity contribution is 5.70. The van der Waals surface area contributed by atoms with Crippen LogP contribution < -0.4 is 0 Å². The number of aliphatic hydroxyl groups excluding tert-OH is 1. The molecule has 0 saturated heterocycles. The summed E-state index contributed by atoms with van der Waals surface area (Å²) in [6.45, 7) is 3.94. The van der Waals surface area contributed by atoms with Crippen molar-refractivity contribution >= 4 is 11.9 Å². The predicted molar refractivity (Wildman–Crippen MR) is 343 cm³/mol. The van der Waals surface area contributed by atoms with Crippen LogP contribution in [0.5, 0.6) is 0 Å². The SMILES string of the molecule is CC/C=C\C/C=C\C/C=C\C/C=C\C/C=C\CCCCCCCCCCCCCCCC(=O)OC(CO)COC(=O)CCCCCCCCCCCCCCCCCCCCCCCC/C=C\C/C=C\C/C=C\C/C=C\CC. The van der Waals surface area contributed by atoms with Crippen LogP contribution in [0.4, 0.5) is 0 Å². The van der Waals surface area contributed by atoms with Gasteiger partial charge >= 0.3 is 11.9 Å². The van der Waals surface area contributed by atoms with E-state index in [2.05, 4.69) is 123 Å². The molecular weight excluding hydrogens is 957 g/mol. The lowest BCUT2D eigenvalue weighted by Gasteiger charge is -2.15. The van der Waals surface area contributed by atoms with Crippen LogP contribution in [-0.2, 0) is 19.1 Å². The Morgan fingerprint density at radius 3 is 0.769 bits per heavy atom. The zero-order valence-corrected chi connectivity index (χ0v) is 51.4. The van der Waals surface area contributed by atoms with Gasteiger partial charge < -0.3 is 14.6 Å². The largest absolute Gasteiger partial charge is 0.462 e. The van der Waals surface area contributed by atoms with E-state index in [1.807, 2.05) is 0 Å². The average Bonchev–Trinajstić information content (AvgIpc) is 3.44. The molecular formula is C73H126O5. The lowest BCUT2D eigenvalue weighted by Crippen LogP contribution is -2.28. The van der Waals surface area contributed by atoms with Gasteiger partial charge in [-0.05, 0) is 96.3 Å². The molecule has 0 radical (unpaired) electrons. The van der Waals surface area contributed by atoms with E-state index >= 15 is 0 Å². The van der Waals surface area contributed by atoms with Crippen LogP contribution in [0, 0.1) is 0 Å². The minimum absolute atomic E-state index is 0.0667. The van der Waals surface area contributed by atoms with E-state index in [1.54, 1.807) is 0 Å². The number of esters is 2. The molecule has 0 aromatic heterocycles. The van der Waals surface area contributed by atoms with Crippen LogP contribution in [0.25, 0.3) is 0 Å². The summed E-state index contributed by atoms with van der Waals surface area (Å²) in [7, 11) is 0. The average molecular weight is 1080 g/mol. The summed E-state index contributed by atoms with van der Waals surface area (Å²) in [5.74, 6) is -0.581. The van der Waals surface area contributed by atoms with Crippen LogP contribution >= 0.6 is 0 Å². The zero-order chi connectivity index (χ0) is 56.2. The number of allylic oxidation sites excluding steroid dienone is 18. The summed E-state index contributed by atoms with van der Waals surface area (Å²) in [5.41, 5.74) is 0. The smallest absolute Gasteiger partial charge is 0.306 e. The third-order valence-electron chi connectivity index (χ3n) is 14.6. The topological polar surface area (TPSA) is 72.8 Å². The fraction of sp³-hybridized carbons (Fsp3) is 0.726. The highest BCUT2D eigenvalue weighted by Gasteiger charge is 2.16. The highest BCUT2D eigenvalue weighted by Crippen LogP contribution is 2.18. The number of hydrogen-bond acceptors (Lipinski definition) is 5. The van der Waals surface area contributed by atoms with Crippen LogP contribution in [0.2, 0.25) is 0 Å². The zero-order valence-electron chi connectivity index (χ0n) is 51.4. The summed E-state index contributed by atoms with van der Waals surface area (Å²) in [6.07, 6.45) is 98.2. The van der Waals surface area contributed by atoms with Crippen molar-refractivity contribution in [1.82, 2.24) is 0 Å². The first-order valence-corrected chi connectivity index (χ1v) is 33.4. The number of carbonyl (C=O) groups is 2. The molecule has 0 aromatic carbocycles. The van der Waals surface area contributed by atoms with Crippen molar-refractivity contribution < 1.29 is 24.2 Å². The molecule has 0 aliphatic rings. The maximum atomic E-state index is 12.4. The second-order valence-electron chi connectivity index (χ2n) is 22.1. The third-order valence-corrected chi connectivity index (χ3v) is 14.6. The number of rotatable bonds is 61. The molecule has 0 spiro atoms. The summed E-state index contributed by atoms with van der Waals surface area (Å²) in [6, 6.07) is 0. The number of aliphatic hydroxyl groups is 1. The molecule has 0 saturated carbocycles. The fourth-order valence-electron chi connectivity index (χ4n) is 9.64. The molecule has 0 aliphatic carbocycles. The number of carbonyl (C=O) groups excluding carboxylic acids is 2. The maximum Gasteiger partial charge on any atom is 0.306 e. The van der Waals surface area contributed by atoms with E-state index in [9.17, 15) is 14.7 Å². The van der Waals surface area contributed by atoms with Crippen molar-refractivity contribution in [2.75, 3.05) is 13.2 Å². The van der Waals surface area contributed by atoms with E-state index in [-0.39, 0.29) is 25.2 Å². The first-order valence-electron chi connectivity index (χ1n) is 33.4. The first-order chi connectivity index (χ1) is 38.6. The van der Waals surface area contributed by atoms with Crippen molar-refractivity contribution in [2.45, 2.75) is 328 Å². The molecule has 5 heteroatoms. The molecule has 1 N–H and O–H groups in total. The molecule has 0 aromatic rings. The second-order valence-corrected chi connectivity index (χ2v) is 22.1. The third kappa shape index (κ3) is 65.1. The van der Waals surface area contributed by atoms with Crippen molar-refractivity contribution in [2.24, 2.45) is 0 Å². The molecule has 1 unspecified atom stereocenters. The number of unbranched alkanes of at least 4 members (excludes halogenated alkanes) is 35. The van der Waals surface area contributed by atoms with Crippen LogP contribution in [0.15, 0.2) is 109 Å². The lowest BCUT2D eigenvalue weighted by atomic mass is 10.0. The van der Waals surface area contributed by atoms with Gasteiger partial charge in [0.25, 0.3) is 0 Å². The van der Waals surface area contributed by atoms with Gasteiger partial charge in [0.2, 0.25) is 0 Å². The molecule has 0 amide bonds. The summed E-state index contributed by atoms with van der Waals surface area (Å²) >= 11 is 0. The monoisotopic (exact) mass is 1080 g/mol. The first kappa shape index (κ1) is 74.6. The van der Waals surface area contributed by atoms with Crippen LogP contribution in [0.1, 0.15) is 322 Å². The quantitative estimate of drug-likeness (QED) is 0.0373. The summed E-state index contributed by atoms with van der Waals surface area (Å²) in [5, 5.41) is 9.70. The van der Waals surface area contributed by atoms with Gasteiger partial charge in [0.05, 0.1) is 6.61 Å². The normalized spacial score (nSPS) is 12.9. The molecule has 1 atom stereocenters. The molecule has 0 rings (SSSR count). The minimum Gasteiger partial charge on any atom is -0.462 e. The van der Waals surface area contributed by atoms with Gasteiger partial charge in [0, 0.05) is 12.8 Å². The fourth-order valence-corrected chi connectivity index (χ4v) is 9.64. The molecule has 448 valence electrons. The molecule has 0 fully saturated rings. The van der Waals surface area contributed by atoms with Gasteiger partial charge in [-0.2, -0.15) is 0 Å². The van der Waals surface area contributed by atoms with Gasteiger partial charge in [-0.1, -0.05) is 322 Å². The van der Waals surface area contributed by atoms with Gasteiger partial charge in [0.15, 0.2) is 6.10 Å². The predicted octanol–water partition coefficient (Wildman–Crippen LogP) is 23.2. The van der Waals surface area contributed by atoms with Crippen LogP contribution in [-0.4, -0.2) is 36.4 Å². The lowest BCUT2D eigenvalue weighted by molar-refractivity contribution is -0.161. The minimum atomic E-state index is -0.778.